The topological polar surface area (TPSA) is 23.8 Å². The highest BCUT2D eigenvalue weighted by Crippen LogP contribution is 2.28. The van der Waals surface area contributed by atoms with Crippen LogP contribution in [0.25, 0.3) is 0 Å². The van der Waals surface area contributed by atoms with E-state index in [4.69, 9.17) is 40.1 Å². The Labute approximate surface area is 90.8 Å². The van der Waals surface area contributed by atoms with Crippen molar-refractivity contribution in [3.8, 4) is 17.9 Å². The molecule has 1 aromatic rings. The molecule has 0 spiro atoms. The van der Waals surface area contributed by atoms with E-state index in [1.165, 1.54) is 12.1 Å². The zero-order valence-electron chi connectivity index (χ0n) is 6.24. The molecule has 0 heterocycles. The smallest absolute Gasteiger partial charge is 0.152 e. The first kappa shape index (κ1) is 10.2. The lowest BCUT2D eigenvalue weighted by Crippen LogP contribution is -1.78. The quantitative estimate of drug-likeness (QED) is 0.494. The zero-order valence-corrected chi connectivity index (χ0v) is 8.50. The first-order chi connectivity index (χ1) is 6.15. The monoisotopic (exact) mass is 229 g/mol. The fourth-order valence-corrected chi connectivity index (χ4v) is 1.31. The second-order valence-electron chi connectivity index (χ2n) is 2.11. The van der Waals surface area contributed by atoms with Gasteiger partial charge in [-0.15, -0.1) is 0 Å². The predicted octanol–water partition coefficient (Wildman–Crippen LogP) is 3.52. The molecule has 0 amide bonds. The van der Waals surface area contributed by atoms with E-state index in [-0.39, 0.29) is 0 Å². The van der Waals surface area contributed by atoms with Gasteiger partial charge in [0.1, 0.15) is 0 Å². The molecule has 0 radical (unpaired) electrons. The van der Waals surface area contributed by atoms with Gasteiger partial charge in [-0.1, -0.05) is 34.8 Å². The summed E-state index contributed by atoms with van der Waals surface area (Å²) >= 11 is 17.2. The maximum absolute atomic E-state index is 8.22. The van der Waals surface area contributed by atoms with Crippen molar-refractivity contribution in [3.05, 3.63) is 32.8 Å². The molecule has 1 rings (SSSR count). The molecule has 1 aromatic carbocycles. The standard InChI is InChI=1S/C9H2Cl3N/c10-7-5-9(12)8(11)4-6(7)2-1-3-13/h4-5H. The van der Waals surface area contributed by atoms with Crippen LogP contribution in [0.1, 0.15) is 5.56 Å². The van der Waals surface area contributed by atoms with Crippen LogP contribution in [-0.2, 0) is 0 Å². The number of hydrogen-bond donors (Lipinski definition) is 0. The normalized spacial score (nSPS) is 8.46. The van der Waals surface area contributed by atoms with Crippen molar-refractivity contribution < 1.29 is 0 Å². The second-order valence-corrected chi connectivity index (χ2v) is 3.33. The van der Waals surface area contributed by atoms with E-state index < -0.39 is 0 Å². The van der Waals surface area contributed by atoms with Gasteiger partial charge in [-0.25, -0.2) is 0 Å². The molecular formula is C9H2Cl3N. The summed E-state index contributed by atoms with van der Waals surface area (Å²) in [7, 11) is 0. The highest BCUT2D eigenvalue weighted by atomic mass is 35.5. The minimum atomic E-state index is 0.369. The first-order valence-corrected chi connectivity index (χ1v) is 4.33. The average molecular weight is 230 g/mol. The van der Waals surface area contributed by atoms with Crippen molar-refractivity contribution in [2.45, 2.75) is 0 Å². The lowest BCUT2D eigenvalue weighted by Gasteiger charge is -1.98. The van der Waals surface area contributed by atoms with Crippen molar-refractivity contribution in [2.24, 2.45) is 0 Å². The Bertz CT molecular complexity index is 435. The fraction of sp³-hybridized carbons (Fsp3) is 0. The third kappa shape index (κ3) is 2.54. The van der Waals surface area contributed by atoms with Gasteiger partial charge in [-0.3, -0.25) is 0 Å². The van der Waals surface area contributed by atoms with Crippen molar-refractivity contribution in [2.75, 3.05) is 0 Å². The van der Waals surface area contributed by atoms with Crippen LogP contribution in [0.3, 0.4) is 0 Å². The SMILES string of the molecule is N#CC#Cc1cc(Cl)c(Cl)cc1Cl. The molecule has 0 saturated carbocycles. The van der Waals surface area contributed by atoms with E-state index in [0.717, 1.165) is 0 Å². The van der Waals surface area contributed by atoms with Gasteiger partial charge in [0, 0.05) is 11.5 Å². The van der Waals surface area contributed by atoms with Crippen LogP contribution in [0.2, 0.25) is 15.1 Å². The van der Waals surface area contributed by atoms with Gasteiger partial charge in [0.25, 0.3) is 0 Å². The second kappa shape index (κ2) is 4.40. The highest BCUT2D eigenvalue weighted by Gasteiger charge is 2.03. The number of nitriles is 1. The van der Waals surface area contributed by atoms with E-state index in [1.54, 1.807) is 6.07 Å². The highest BCUT2D eigenvalue weighted by molar-refractivity contribution is 6.43. The Hall–Kier alpha value is -0.860. The van der Waals surface area contributed by atoms with Gasteiger partial charge in [0.15, 0.2) is 6.07 Å². The molecule has 0 atom stereocenters. The summed E-state index contributed by atoms with van der Waals surface area (Å²) in [5, 5.41) is 9.34. The molecular weight excluding hydrogens is 228 g/mol. The van der Waals surface area contributed by atoms with Crippen LogP contribution < -0.4 is 0 Å². The van der Waals surface area contributed by atoms with E-state index in [9.17, 15) is 0 Å². The zero-order chi connectivity index (χ0) is 9.84. The lowest BCUT2D eigenvalue weighted by molar-refractivity contribution is 1.55. The van der Waals surface area contributed by atoms with Gasteiger partial charge < -0.3 is 0 Å². The summed E-state index contributed by atoms with van der Waals surface area (Å²) in [6.07, 6.45) is 0. The van der Waals surface area contributed by atoms with Crippen molar-refractivity contribution in [3.63, 3.8) is 0 Å². The van der Waals surface area contributed by atoms with Crippen LogP contribution in [0.4, 0.5) is 0 Å². The average Bonchev–Trinajstić information content (AvgIpc) is 2.09. The molecule has 0 fully saturated rings. The van der Waals surface area contributed by atoms with Crippen LogP contribution >= 0.6 is 34.8 Å². The van der Waals surface area contributed by atoms with Crippen molar-refractivity contribution in [1.82, 2.24) is 0 Å². The summed E-state index contributed by atoms with van der Waals surface area (Å²) in [5.41, 5.74) is 0.498. The van der Waals surface area contributed by atoms with E-state index in [2.05, 4.69) is 11.8 Å². The molecule has 0 N–H and O–H groups in total. The molecule has 64 valence electrons. The summed E-state index contributed by atoms with van der Waals surface area (Å²) in [6, 6.07) is 4.70. The summed E-state index contributed by atoms with van der Waals surface area (Å²) < 4.78 is 0. The van der Waals surface area contributed by atoms with Gasteiger partial charge in [0.05, 0.1) is 15.1 Å². The van der Waals surface area contributed by atoms with Crippen molar-refractivity contribution in [1.29, 1.82) is 5.26 Å². The Kier molecular flexibility index (Phi) is 3.46. The Morgan fingerprint density at radius 3 is 2.23 bits per heavy atom. The summed E-state index contributed by atoms with van der Waals surface area (Å²) in [6.45, 7) is 0. The van der Waals surface area contributed by atoms with Gasteiger partial charge in [0.2, 0.25) is 0 Å². The van der Waals surface area contributed by atoms with E-state index in [0.29, 0.717) is 20.6 Å². The van der Waals surface area contributed by atoms with Crippen LogP contribution in [0.5, 0.6) is 0 Å². The summed E-state index contributed by atoms with van der Waals surface area (Å²) in [5.74, 6) is 4.77. The van der Waals surface area contributed by atoms with Crippen molar-refractivity contribution >= 4 is 34.8 Å². The molecule has 0 saturated heterocycles. The Balaban J connectivity index is 3.25. The molecule has 13 heavy (non-hydrogen) atoms. The molecule has 0 bridgehead atoms. The third-order valence-electron chi connectivity index (χ3n) is 1.26. The Morgan fingerprint density at radius 1 is 1.00 bits per heavy atom. The molecule has 0 unspecified atom stereocenters. The number of halogens is 3. The predicted molar refractivity (Wildman–Crippen MR) is 54.0 cm³/mol. The van der Waals surface area contributed by atoms with Crippen LogP contribution in [-0.4, -0.2) is 0 Å². The minimum Gasteiger partial charge on any atom is -0.183 e. The molecule has 0 aliphatic rings. The van der Waals surface area contributed by atoms with Crippen LogP contribution in [0.15, 0.2) is 12.1 Å². The van der Waals surface area contributed by atoms with Crippen LogP contribution in [0, 0.1) is 23.2 Å². The van der Waals surface area contributed by atoms with E-state index >= 15 is 0 Å². The molecule has 0 aromatic heterocycles. The first-order valence-electron chi connectivity index (χ1n) is 3.20. The van der Waals surface area contributed by atoms with E-state index in [1.807, 2.05) is 0 Å². The summed E-state index contributed by atoms with van der Waals surface area (Å²) in [4.78, 5) is 0. The maximum atomic E-state index is 8.22. The molecule has 4 heteroatoms. The maximum Gasteiger partial charge on any atom is 0.152 e. The number of hydrogen-bond acceptors (Lipinski definition) is 1. The number of benzene rings is 1. The number of rotatable bonds is 0. The fourth-order valence-electron chi connectivity index (χ4n) is 0.714. The molecule has 1 nitrogen and oxygen atoms in total. The van der Waals surface area contributed by atoms with Gasteiger partial charge in [-0.05, 0) is 18.1 Å². The minimum absolute atomic E-state index is 0.369. The van der Waals surface area contributed by atoms with Gasteiger partial charge >= 0.3 is 0 Å². The third-order valence-corrected chi connectivity index (χ3v) is 2.30. The Morgan fingerprint density at radius 2 is 1.62 bits per heavy atom. The molecule has 0 aliphatic carbocycles. The van der Waals surface area contributed by atoms with Gasteiger partial charge in [-0.2, -0.15) is 5.26 Å². The molecule has 0 aliphatic heterocycles. The largest absolute Gasteiger partial charge is 0.183 e. The lowest BCUT2D eigenvalue weighted by atomic mass is 10.2. The number of nitrogens with zero attached hydrogens (tertiary/aromatic N) is 1.